The minimum Gasteiger partial charge on any atom is -0.332 e. The van der Waals surface area contributed by atoms with Gasteiger partial charge in [0.25, 0.3) is 11.8 Å². The molecule has 1 unspecified atom stereocenters. The lowest BCUT2D eigenvalue weighted by Gasteiger charge is -2.41. The van der Waals surface area contributed by atoms with Crippen LogP contribution in [0.3, 0.4) is 0 Å². The van der Waals surface area contributed by atoms with E-state index in [-0.39, 0.29) is 23.7 Å². The Hall–Kier alpha value is -2.83. The van der Waals surface area contributed by atoms with Gasteiger partial charge in [-0.25, -0.2) is 14.4 Å². The van der Waals surface area contributed by atoms with Crippen molar-refractivity contribution in [3.63, 3.8) is 0 Å². The van der Waals surface area contributed by atoms with E-state index in [4.69, 9.17) is 0 Å². The Morgan fingerprint density at radius 2 is 1.93 bits per heavy atom. The van der Waals surface area contributed by atoms with Crippen LogP contribution in [0.5, 0.6) is 0 Å². The van der Waals surface area contributed by atoms with Crippen molar-refractivity contribution in [1.82, 2.24) is 19.8 Å². The molecule has 2 aliphatic rings. The van der Waals surface area contributed by atoms with E-state index in [1.165, 1.54) is 11.1 Å². The number of hydrogen-bond acceptors (Lipinski definition) is 4. The van der Waals surface area contributed by atoms with Crippen LogP contribution in [0, 0.1) is 5.82 Å². The van der Waals surface area contributed by atoms with Crippen LogP contribution in [0.1, 0.15) is 51.9 Å². The third-order valence-electron chi connectivity index (χ3n) is 5.69. The molecule has 1 aromatic heterocycles. The molecular weight excluding hydrogens is 359 g/mol. The molecule has 1 aliphatic heterocycles. The molecule has 1 fully saturated rings. The van der Waals surface area contributed by atoms with Gasteiger partial charge in [0.2, 0.25) is 5.82 Å². The van der Waals surface area contributed by atoms with Gasteiger partial charge in [0.15, 0.2) is 5.82 Å². The molecule has 2 heterocycles. The van der Waals surface area contributed by atoms with Crippen LogP contribution in [0.2, 0.25) is 0 Å². The van der Waals surface area contributed by atoms with Crippen LogP contribution in [0.4, 0.5) is 4.39 Å². The Morgan fingerprint density at radius 1 is 1.14 bits per heavy atom. The van der Waals surface area contributed by atoms with Gasteiger partial charge < -0.3 is 9.80 Å². The van der Waals surface area contributed by atoms with Gasteiger partial charge in [-0.3, -0.25) is 9.59 Å². The molecule has 2 amide bonds. The van der Waals surface area contributed by atoms with Crippen LogP contribution in [0.15, 0.2) is 30.6 Å². The van der Waals surface area contributed by atoms with E-state index >= 15 is 0 Å². The minimum atomic E-state index is -0.575. The van der Waals surface area contributed by atoms with Gasteiger partial charge in [0.05, 0.1) is 12.4 Å². The number of aryl methyl sites for hydroxylation is 1. The maximum atomic E-state index is 13.3. The van der Waals surface area contributed by atoms with E-state index in [0.717, 1.165) is 43.6 Å². The van der Waals surface area contributed by atoms with Crippen LogP contribution in [0.25, 0.3) is 0 Å². The second-order valence-corrected chi connectivity index (χ2v) is 7.33. The number of halogens is 1. The van der Waals surface area contributed by atoms with Crippen molar-refractivity contribution in [2.24, 2.45) is 0 Å². The maximum absolute atomic E-state index is 13.3. The standard InChI is InChI=1S/C21H23FN4O2/c1-2-16-13-25(21(28)19-23-11-15(22)12-24-19)9-10-26(16)20(27)18-8-4-6-14-5-3-7-17(14)18/h4,6,8,11-12,16H,2-3,5,7,9-10,13H2,1H3. The highest BCUT2D eigenvalue weighted by Crippen LogP contribution is 2.27. The highest BCUT2D eigenvalue weighted by Gasteiger charge is 2.34. The lowest BCUT2D eigenvalue weighted by molar-refractivity contribution is 0.0373. The SMILES string of the molecule is CCC1CN(C(=O)c2ncc(F)cn2)CCN1C(=O)c1cccc2c1CCC2. The number of rotatable bonds is 3. The first-order valence-electron chi connectivity index (χ1n) is 9.77. The molecule has 0 bridgehead atoms. The molecule has 28 heavy (non-hydrogen) atoms. The monoisotopic (exact) mass is 382 g/mol. The van der Waals surface area contributed by atoms with Gasteiger partial charge in [-0.1, -0.05) is 19.1 Å². The largest absolute Gasteiger partial charge is 0.332 e. The summed E-state index contributed by atoms with van der Waals surface area (Å²) in [6.45, 7) is 3.32. The fourth-order valence-corrected chi connectivity index (χ4v) is 4.20. The highest BCUT2D eigenvalue weighted by atomic mass is 19.1. The molecule has 1 saturated heterocycles. The number of nitrogens with zero attached hydrogens (tertiary/aromatic N) is 4. The molecule has 6 nitrogen and oxygen atoms in total. The summed E-state index contributed by atoms with van der Waals surface area (Å²) in [5, 5.41) is 0. The Morgan fingerprint density at radius 3 is 2.68 bits per heavy atom. The summed E-state index contributed by atoms with van der Waals surface area (Å²) in [6.07, 6.45) is 5.81. The molecule has 0 N–H and O–H groups in total. The Kier molecular flexibility index (Phi) is 5.07. The van der Waals surface area contributed by atoms with Crippen molar-refractivity contribution in [3.05, 3.63) is 58.9 Å². The normalized spacial score (nSPS) is 18.9. The number of amides is 2. The number of hydrogen-bond donors (Lipinski definition) is 0. The van der Waals surface area contributed by atoms with Crippen molar-refractivity contribution in [2.75, 3.05) is 19.6 Å². The summed E-state index contributed by atoms with van der Waals surface area (Å²) in [5.41, 5.74) is 3.26. The molecular formula is C21H23FN4O2. The summed E-state index contributed by atoms with van der Waals surface area (Å²) < 4.78 is 13.0. The number of fused-ring (bicyclic) bond motifs is 1. The first-order chi connectivity index (χ1) is 13.6. The second-order valence-electron chi connectivity index (χ2n) is 7.33. The van der Waals surface area contributed by atoms with Crippen LogP contribution < -0.4 is 0 Å². The molecule has 2 aromatic rings. The lowest BCUT2D eigenvalue weighted by Crippen LogP contribution is -2.56. The topological polar surface area (TPSA) is 66.4 Å². The van der Waals surface area contributed by atoms with Crippen molar-refractivity contribution < 1.29 is 14.0 Å². The Labute approximate surface area is 163 Å². The summed E-state index contributed by atoms with van der Waals surface area (Å²) in [4.78, 5) is 37.0. The van der Waals surface area contributed by atoms with Crippen molar-refractivity contribution in [3.8, 4) is 0 Å². The third-order valence-corrected chi connectivity index (χ3v) is 5.69. The van der Waals surface area contributed by atoms with E-state index in [9.17, 15) is 14.0 Å². The average Bonchev–Trinajstić information content (AvgIpc) is 3.21. The summed E-state index contributed by atoms with van der Waals surface area (Å²) in [6, 6.07) is 5.92. The quantitative estimate of drug-likeness (QED) is 0.818. The predicted octanol–water partition coefficient (Wildman–Crippen LogP) is 2.48. The fourth-order valence-electron chi connectivity index (χ4n) is 4.20. The molecule has 4 rings (SSSR count). The van der Waals surface area contributed by atoms with Gasteiger partial charge in [0.1, 0.15) is 0 Å². The first kappa shape index (κ1) is 18.5. The zero-order chi connectivity index (χ0) is 19.7. The third kappa shape index (κ3) is 3.37. The van der Waals surface area contributed by atoms with E-state index in [0.29, 0.717) is 19.6 Å². The molecule has 1 aromatic carbocycles. The molecule has 7 heteroatoms. The maximum Gasteiger partial charge on any atom is 0.291 e. The molecule has 0 radical (unpaired) electrons. The predicted molar refractivity (Wildman–Crippen MR) is 101 cm³/mol. The van der Waals surface area contributed by atoms with Gasteiger partial charge in [-0.05, 0) is 42.9 Å². The number of aromatic nitrogens is 2. The second kappa shape index (κ2) is 7.66. The van der Waals surface area contributed by atoms with Crippen LogP contribution >= 0.6 is 0 Å². The average molecular weight is 382 g/mol. The number of carbonyl (C=O) groups is 2. The smallest absolute Gasteiger partial charge is 0.291 e. The fraction of sp³-hybridized carbons (Fsp3) is 0.429. The van der Waals surface area contributed by atoms with Crippen molar-refractivity contribution in [1.29, 1.82) is 0 Å². The molecule has 1 aliphatic carbocycles. The van der Waals surface area contributed by atoms with E-state index < -0.39 is 5.82 Å². The Bertz CT molecular complexity index is 900. The first-order valence-corrected chi connectivity index (χ1v) is 9.77. The zero-order valence-corrected chi connectivity index (χ0v) is 15.9. The molecule has 146 valence electrons. The minimum absolute atomic E-state index is 0.0168. The number of piperazine rings is 1. The Balaban J connectivity index is 1.51. The van der Waals surface area contributed by atoms with Gasteiger partial charge >= 0.3 is 0 Å². The van der Waals surface area contributed by atoms with Crippen LogP contribution in [-0.4, -0.2) is 57.3 Å². The van der Waals surface area contributed by atoms with E-state index in [1.54, 1.807) is 4.90 Å². The molecule has 0 spiro atoms. The number of carbonyl (C=O) groups excluding carboxylic acids is 2. The zero-order valence-electron chi connectivity index (χ0n) is 15.9. The summed E-state index contributed by atoms with van der Waals surface area (Å²) >= 11 is 0. The van der Waals surface area contributed by atoms with E-state index in [1.807, 2.05) is 24.0 Å². The van der Waals surface area contributed by atoms with Crippen molar-refractivity contribution in [2.45, 2.75) is 38.6 Å². The van der Waals surface area contributed by atoms with Gasteiger partial charge in [0, 0.05) is 31.2 Å². The van der Waals surface area contributed by atoms with Gasteiger partial charge in [-0.2, -0.15) is 0 Å². The van der Waals surface area contributed by atoms with Gasteiger partial charge in [-0.15, -0.1) is 0 Å². The van der Waals surface area contributed by atoms with E-state index in [2.05, 4.69) is 16.0 Å². The number of benzene rings is 1. The summed E-state index contributed by atoms with van der Waals surface area (Å²) in [7, 11) is 0. The van der Waals surface area contributed by atoms with Crippen LogP contribution in [-0.2, 0) is 12.8 Å². The summed E-state index contributed by atoms with van der Waals surface area (Å²) in [5.74, 6) is -0.868. The highest BCUT2D eigenvalue weighted by molar-refractivity contribution is 5.97. The molecule has 1 atom stereocenters. The van der Waals surface area contributed by atoms with Crippen molar-refractivity contribution >= 4 is 11.8 Å². The lowest BCUT2D eigenvalue weighted by atomic mass is 10.00. The molecule has 0 saturated carbocycles.